The van der Waals surface area contributed by atoms with Crippen LogP contribution < -0.4 is 15.4 Å². The highest BCUT2D eigenvalue weighted by Crippen LogP contribution is 2.31. The topological polar surface area (TPSA) is 84.3 Å². The predicted octanol–water partition coefficient (Wildman–Crippen LogP) is 5.33. The van der Waals surface area contributed by atoms with E-state index in [1.807, 2.05) is 43.3 Å². The van der Waals surface area contributed by atoms with E-state index >= 15 is 0 Å². The molecule has 0 aliphatic heterocycles. The molecular weight excluding hydrogens is 364 g/mol. The van der Waals surface area contributed by atoms with Crippen molar-refractivity contribution in [2.24, 2.45) is 10.2 Å². The molecule has 142 valence electrons. The molecule has 0 atom stereocenters. The van der Waals surface area contributed by atoms with Crippen LogP contribution in [0.4, 0.5) is 21.9 Å². The minimum atomic E-state index is -0.624. The number of benzene rings is 2. The number of nitrogens with one attached hydrogen (secondary N) is 2. The molecule has 2 N–H and O–H groups in total. The van der Waals surface area contributed by atoms with Gasteiger partial charge in [0.15, 0.2) is 5.11 Å². The Hall–Kier alpha value is -3.00. The summed E-state index contributed by atoms with van der Waals surface area (Å²) in [5.74, 6) is 0.664. The first-order valence-electron chi connectivity index (χ1n) is 8.60. The quantitative estimate of drug-likeness (QED) is 0.496. The summed E-state index contributed by atoms with van der Waals surface area (Å²) in [5, 5.41) is 14.0. The van der Waals surface area contributed by atoms with E-state index in [1.54, 1.807) is 19.1 Å². The maximum absolute atomic E-state index is 11.5. The lowest BCUT2D eigenvalue weighted by Gasteiger charge is -2.13. The smallest absolute Gasteiger partial charge is 0.413 e. The van der Waals surface area contributed by atoms with Gasteiger partial charge < -0.3 is 14.8 Å². The Morgan fingerprint density at radius 3 is 2.59 bits per heavy atom. The van der Waals surface area contributed by atoms with Crippen LogP contribution in [0.25, 0.3) is 0 Å². The third kappa shape index (κ3) is 7.02. The van der Waals surface area contributed by atoms with Crippen molar-refractivity contribution >= 4 is 40.5 Å². The number of ether oxygens (including phenoxy) is 2. The van der Waals surface area contributed by atoms with Crippen LogP contribution in [0.15, 0.2) is 58.8 Å². The standard InChI is InChI=1S/C19H22N4O3S/c1-3-12-26-15-10-11-16(23-22-14-8-6-5-7-9-14)17(13-15)20-18(27)21-19(24)25-4-2/h5-11,13H,3-4,12H2,1-2H3,(H2,20,21,24,27). The predicted molar refractivity (Wildman–Crippen MR) is 109 cm³/mol. The average Bonchev–Trinajstić information content (AvgIpc) is 2.66. The van der Waals surface area contributed by atoms with Crippen LogP contribution in [-0.2, 0) is 4.74 Å². The molecule has 0 radical (unpaired) electrons. The lowest BCUT2D eigenvalue weighted by atomic mass is 10.2. The normalized spacial score (nSPS) is 10.4. The van der Waals surface area contributed by atoms with Gasteiger partial charge in [-0.05, 0) is 49.8 Å². The number of hydrogen-bond donors (Lipinski definition) is 2. The molecule has 27 heavy (non-hydrogen) atoms. The summed E-state index contributed by atoms with van der Waals surface area (Å²) in [6, 6.07) is 14.7. The third-order valence-electron chi connectivity index (χ3n) is 3.21. The molecule has 8 heteroatoms. The van der Waals surface area contributed by atoms with Crippen LogP contribution in [0.2, 0.25) is 0 Å². The van der Waals surface area contributed by atoms with Crippen molar-refractivity contribution in [2.45, 2.75) is 20.3 Å². The number of thiocarbonyl (C=S) groups is 1. The number of alkyl carbamates (subject to hydrolysis) is 1. The van der Waals surface area contributed by atoms with Gasteiger partial charge in [-0.15, -0.1) is 5.11 Å². The Morgan fingerprint density at radius 1 is 1.11 bits per heavy atom. The maximum Gasteiger partial charge on any atom is 0.413 e. The molecule has 0 saturated carbocycles. The molecule has 0 bridgehead atoms. The van der Waals surface area contributed by atoms with E-state index < -0.39 is 6.09 Å². The zero-order valence-electron chi connectivity index (χ0n) is 15.3. The lowest BCUT2D eigenvalue weighted by molar-refractivity contribution is 0.158. The fraction of sp³-hybridized carbons (Fsp3) is 0.263. The van der Waals surface area contributed by atoms with Crippen molar-refractivity contribution in [3.63, 3.8) is 0 Å². The average molecular weight is 386 g/mol. The van der Waals surface area contributed by atoms with E-state index in [0.29, 0.717) is 23.7 Å². The molecular formula is C19H22N4O3S. The number of hydrogen-bond acceptors (Lipinski definition) is 6. The molecule has 0 aliphatic rings. The molecule has 0 fully saturated rings. The Labute approximate surface area is 163 Å². The van der Waals surface area contributed by atoms with Crippen LogP contribution in [0.1, 0.15) is 20.3 Å². The summed E-state index contributed by atoms with van der Waals surface area (Å²) < 4.78 is 10.5. The van der Waals surface area contributed by atoms with Gasteiger partial charge in [-0.3, -0.25) is 5.32 Å². The second kappa shape index (κ2) is 10.9. The van der Waals surface area contributed by atoms with Gasteiger partial charge in [-0.25, -0.2) is 4.79 Å². The molecule has 0 aromatic heterocycles. The van der Waals surface area contributed by atoms with Gasteiger partial charge in [0.2, 0.25) is 0 Å². The van der Waals surface area contributed by atoms with Gasteiger partial charge in [0, 0.05) is 6.07 Å². The molecule has 2 aromatic carbocycles. The summed E-state index contributed by atoms with van der Waals surface area (Å²) in [5.41, 5.74) is 1.84. The van der Waals surface area contributed by atoms with Crippen LogP contribution in [0.5, 0.6) is 5.75 Å². The number of anilines is 1. The first-order valence-corrected chi connectivity index (χ1v) is 9.01. The molecule has 0 heterocycles. The lowest BCUT2D eigenvalue weighted by Crippen LogP contribution is -2.34. The first-order chi connectivity index (χ1) is 13.1. The number of rotatable bonds is 7. The van der Waals surface area contributed by atoms with Gasteiger partial charge in [-0.2, -0.15) is 5.11 Å². The van der Waals surface area contributed by atoms with Gasteiger partial charge in [0.25, 0.3) is 0 Å². The van der Waals surface area contributed by atoms with E-state index in [2.05, 4.69) is 20.9 Å². The summed E-state index contributed by atoms with van der Waals surface area (Å²) in [7, 11) is 0. The fourth-order valence-corrected chi connectivity index (χ4v) is 2.23. The largest absolute Gasteiger partial charge is 0.494 e. The van der Waals surface area contributed by atoms with Crippen molar-refractivity contribution in [1.82, 2.24) is 5.32 Å². The zero-order valence-corrected chi connectivity index (χ0v) is 16.1. The molecule has 7 nitrogen and oxygen atoms in total. The van der Waals surface area contributed by atoms with Crippen molar-refractivity contribution in [1.29, 1.82) is 0 Å². The maximum atomic E-state index is 11.5. The SMILES string of the molecule is CCCOc1ccc(N=Nc2ccccc2)c(NC(=S)NC(=O)OCC)c1. The highest BCUT2D eigenvalue weighted by Gasteiger charge is 2.09. The Morgan fingerprint density at radius 2 is 1.89 bits per heavy atom. The van der Waals surface area contributed by atoms with Crippen molar-refractivity contribution in [2.75, 3.05) is 18.5 Å². The number of azo groups is 1. The minimum absolute atomic E-state index is 0.0947. The fourth-order valence-electron chi connectivity index (χ4n) is 2.03. The molecule has 0 unspecified atom stereocenters. The monoisotopic (exact) mass is 386 g/mol. The van der Waals surface area contributed by atoms with Gasteiger partial charge in [0.1, 0.15) is 11.4 Å². The van der Waals surface area contributed by atoms with Crippen LogP contribution in [-0.4, -0.2) is 24.4 Å². The number of nitrogens with zero attached hydrogens (tertiary/aromatic N) is 2. The summed E-state index contributed by atoms with van der Waals surface area (Å²) in [6.07, 6.45) is 0.266. The van der Waals surface area contributed by atoms with Crippen molar-refractivity contribution < 1.29 is 14.3 Å². The van der Waals surface area contributed by atoms with E-state index in [0.717, 1.165) is 12.1 Å². The Kier molecular flexibility index (Phi) is 8.18. The Balaban J connectivity index is 2.20. The summed E-state index contributed by atoms with van der Waals surface area (Å²) in [4.78, 5) is 11.5. The minimum Gasteiger partial charge on any atom is -0.494 e. The van der Waals surface area contributed by atoms with Gasteiger partial charge in [0.05, 0.1) is 24.6 Å². The van der Waals surface area contributed by atoms with Crippen LogP contribution in [0, 0.1) is 0 Å². The molecule has 0 aliphatic carbocycles. The molecule has 0 spiro atoms. The molecule has 0 saturated heterocycles. The molecule has 1 amide bonds. The van der Waals surface area contributed by atoms with Gasteiger partial charge in [-0.1, -0.05) is 25.1 Å². The van der Waals surface area contributed by atoms with Gasteiger partial charge >= 0.3 is 6.09 Å². The second-order valence-corrected chi connectivity index (χ2v) is 5.77. The zero-order chi connectivity index (χ0) is 19.5. The van der Waals surface area contributed by atoms with Crippen LogP contribution in [0.3, 0.4) is 0 Å². The number of carbonyl (C=O) groups is 1. The third-order valence-corrected chi connectivity index (χ3v) is 3.41. The number of carbonyl (C=O) groups excluding carboxylic acids is 1. The van der Waals surface area contributed by atoms with E-state index in [1.165, 1.54) is 0 Å². The Bertz CT molecular complexity index is 797. The molecule has 2 rings (SSSR count). The highest BCUT2D eigenvalue weighted by molar-refractivity contribution is 7.80. The van der Waals surface area contributed by atoms with E-state index in [-0.39, 0.29) is 11.7 Å². The van der Waals surface area contributed by atoms with Crippen LogP contribution >= 0.6 is 12.2 Å². The highest BCUT2D eigenvalue weighted by atomic mass is 32.1. The number of amides is 1. The van der Waals surface area contributed by atoms with E-state index in [9.17, 15) is 4.79 Å². The summed E-state index contributed by atoms with van der Waals surface area (Å²) in [6.45, 7) is 4.59. The first kappa shape index (κ1) is 20.3. The van der Waals surface area contributed by atoms with Crippen molar-refractivity contribution in [3.05, 3.63) is 48.5 Å². The van der Waals surface area contributed by atoms with Crippen molar-refractivity contribution in [3.8, 4) is 5.75 Å². The second-order valence-electron chi connectivity index (χ2n) is 5.36. The summed E-state index contributed by atoms with van der Waals surface area (Å²) >= 11 is 5.16. The molecule has 2 aromatic rings. The van der Waals surface area contributed by atoms with E-state index in [4.69, 9.17) is 21.7 Å².